The monoisotopic (exact) mass is 415 g/mol. The van der Waals surface area contributed by atoms with Gasteiger partial charge in [0.2, 0.25) is 0 Å². The van der Waals surface area contributed by atoms with Crippen molar-refractivity contribution in [2.75, 3.05) is 6.61 Å². The Labute approximate surface area is 184 Å². The molecule has 9 atom stereocenters. The van der Waals surface area contributed by atoms with Crippen LogP contribution in [0.5, 0.6) is 0 Å². The van der Waals surface area contributed by atoms with Gasteiger partial charge in [-0.05, 0) is 111 Å². The summed E-state index contributed by atoms with van der Waals surface area (Å²) in [6.45, 7) is 11.6. The topological polar surface area (TPSA) is 52.3 Å². The molecule has 4 aliphatic carbocycles. The molecule has 0 amide bonds. The Bertz CT molecular complexity index is 647. The minimum atomic E-state index is -0.0630. The zero-order chi connectivity index (χ0) is 21.5. The molecule has 4 fully saturated rings. The number of fused-ring (bicyclic) bond motifs is 5. The Morgan fingerprint density at radius 3 is 2.60 bits per heavy atom. The zero-order valence-electron chi connectivity index (χ0n) is 19.7. The van der Waals surface area contributed by atoms with Crippen LogP contribution in [0.4, 0.5) is 0 Å². The van der Waals surface area contributed by atoms with Crippen LogP contribution in [0.15, 0.2) is 12.7 Å². The predicted octanol–water partition coefficient (Wildman–Crippen LogP) is 6.12. The first kappa shape index (κ1) is 22.4. The van der Waals surface area contributed by atoms with Gasteiger partial charge in [-0.2, -0.15) is 0 Å². The van der Waals surface area contributed by atoms with E-state index < -0.39 is 0 Å². The maximum absolute atomic E-state index is 12.0. The van der Waals surface area contributed by atoms with Gasteiger partial charge in [0.25, 0.3) is 0 Å². The van der Waals surface area contributed by atoms with Gasteiger partial charge < -0.3 is 10.5 Å². The third-order valence-corrected chi connectivity index (χ3v) is 10.6. The van der Waals surface area contributed by atoms with Gasteiger partial charge >= 0.3 is 5.97 Å². The van der Waals surface area contributed by atoms with Crippen molar-refractivity contribution in [2.45, 2.75) is 97.4 Å². The average molecular weight is 416 g/mol. The molecular formula is C27H45NO2. The Kier molecular flexibility index (Phi) is 6.41. The summed E-state index contributed by atoms with van der Waals surface area (Å²) in [6, 6.07) is 0.448. The first-order valence-electron chi connectivity index (χ1n) is 12.8. The van der Waals surface area contributed by atoms with Gasteiger partial charge in [-0.25, -0.2) is 0 Å². The van der Waals surface area contributed by atoms with Crippen LogP contribution in [-0.2, 0) is 9.53 Å². The van der Waals surface area contributed by atoms with Crippen LogP contribution in [0.3, 0.4) is 0 Å². The van der Waals surface area contributed by atoms with E-state index in [1.807, 2.05) is 0 Å². The Morgan fingerprint density at radius 1 is 1.10 bits per heavy atom. The molecule has 4 saturated carbocycles. The second-order valence-electron chi connectivity index (χ2n) is 11.9. The quantitative estimate of drug-likeness (QED) is 0.420. The van der Waals surface area contributed by atoms with E-state index in [2.05, 4.69) is 27.4 Å². The molecule has 0 aromatic carbocycles. The highest BCUT2D eigenvalue weighted by Gasteiger charge is 2.60. The summed E-state index contributed by atoms with van der Waals surface area (Å²) in [5.74, 6) is 4.91. The number of carbonyl (C=O) groups is 1. The van der Waals surface area contributed by atoms with Crippen LogP contribution in [0, 0.1) is 46.3 Å². The van der Waals surface area contributed by atoms with E-state index in [1.165, 1.54) is 57.8 Å². The van der Waals surface area contributed by atoms with Gasteiger partial charge in [0.1, 0.15) is 6.61 Å². The van der Waals surface area contributed by atoms with E-state index in [0.717, 1.165) is 36.0 Å². The number of hydrogen-bond acceptors (Lipinski definition) is 3. The molecule has 2 N–H and O–H groups in total. The van der Waals surface area contributed by atoms with Crippen LogP contribution >= 0.6 is 0 Å². The molecule has 3 nitrogen and oxygen atoms in total. The van der Waals surface area contributed by atoms with Gasteiger partial charge in [-0.15, -0.1) is 0 Å². The van der Waals surface area contributed by atoms with Gasteiger partial charge in [0.05, 0.1) is 0 Å². The molecule has 4 aliphatic rings. The van der Waals surface area contributed by atoms with Crippen LogP contribution < -0.4 is 5.73 Å². The van der Waals surface area contributed by atoms with Gasteiger partial charge in [-0.1, -0.05) is 33.4 Å². The average Bonchev–Trinajstić information content (AvgIpc) is 3.08. The summed E-state index contributed by atoms with van der Waals surface area (Å²) in [5, 5.41) is 0. The highest BCUT2D eigenvalue weighted by atomic mass is 16.5. The smallest absolute Gasteiger partial charge is 0.306 e. The SMILES string of the molecule is C=CCOC(=O)CC[C@@H](C)C1CC[C@H]2[C@@H]3CC[C@@H]4C[C@H](N)CC[C@]4(C)[C@H]3CC[C@]12C. The number of nitrogens with two attached hydrogens (primary N) is 1. The summed E-state index contributed by atoms with van der Waals surface area (Å²) < 4.78 is 5.21. The van der Waals surface area contributed by atoms with Crippen LogP contribution in [0.25, 0.3) is 0 Å². The Balaban J connectivity index is 1.42. The van der Waals surface area contributed by atoms with Crippen molar-refractivity contribution in [3.05, 3.63) is 12.7 Å². The van der Waals surface area contributed by atoms with Crippen molar-refractivity contribution in [3.8, 4) is 0 Å². The minimum absolute atomic E-state index is 0.0630. The number of ether oxygens (including phenoxy) is 1. The number of hydrogen-bond donors (Lipinski definition) is 1. The van der Waals surface area contributed by atoms with Gasteiger partial charge in [-0.3, -0.25) is 4.79 Å². The first-order valence-corrected chi connectivity index (χ1v) is 12.8. The molecular weight excluding hydrogens is 370 g/mol. The molecule has 0 heterocycles. The Hall–Kier alpha value is -0.830. The van der Waals surface area contributed by atoms with Gasteiger partial charge in [0, 0.05) is 12.5 Å². The molecule has 30 heavy (non-hydrogen) atoms. The fourth-order valence-electron chi connectivity index (χ4n) is 9.04. The lowest BCUT2D eigenvalue weighted by Crippen LogP contribution is -2.54. The Morgan fingerprint density at radius 2 is 1.83 bits per heavy atom. The van der Waals surface area contributed by atoms with Crippen molar-refractivity contribution < 1.29 is 9.53 Å². The van der Waals surface area contributed by atoms with E-state index in [1.54, 1.807) is 6.08 Å². The lowest BCUT2D eigenvalue weighted by molar-refractivity contribution is -0.143. The zero-order valence-corrected chi connectivity index (χ0v) is 19.7. The molecule has 1 unspecified atom stereocenters. The van der Waals surface area contributed by atoms with E-state index in [0.29, 0.717) is 35.8 Å². The third-order valence-electron chi connectivity index (χ3n) is 10.6. The number of rotatable bonds is 6. The van der Waals surface area contributed by atoms with Crippen molar-refractivity contribution in [1.82, 2.24) is 0 Å². The molecule has 0 aliphatic heterocycles. The van der Waals surface area contributed by atoms with E-state index in [-0.39, 0.29) is 5.97 Å². The standard InChI is InChI=1S/C27H45NO2/c1-5-16-30-25(29)11-6-18(2)22-9-10-23-21-8-7-19-17-20(28)12-14-26(19,3)24(21)13-15-27(22,23)4/h5,18-24H,1,6-17,28H2,2-4H3/t18-,19-,20-,21+,22?,23+,24+,26+,27-/m1/s1. The highest BCUT2D eigenvalue weighted by molar-refractivity contribution is 5.69. The number of carbonyl (C=O) groups excluding carboxylic acids is 1. The van der Waals surface area contributed by atoms with Crippen LogP contribution in [0.2, 0.25) is 0 Å². The van der Waals surface area contributed by atoms with E-state index in [9.17, 15) is 4.79 Å². The molecule has 0 aromatic heterocycles. The van der Waals surface area contributed by atoms with Crippen LogP contribution in [0.1, 0.15) is 91.4 Å². The van der Waals surface area contributed by atoms with E-state index in [4.69, 9.17) is 10.5 Å². The fraction of sp³-hybridized carbons (Fsp3) is 0.889. The second-order valence-corrected chi connectivity index (χ2v) is 11.9. The van der Waals surface area contributed by atoms with E-state index >= 15 is 0 Å². The minimum Gasteiger partial charge on any atom is -0.461 e. The maximum atomic E-state index is 12.0. The van der Waals surface area contributed by atoms with Crippen molar-refractivity contribution in [1.29, 1.82) is 0 Å². The summed E-state index contributed by atoms with van der Waals surface area (Å²) in [6.07, 6.45) is 15.5. The van der Waals surface area contributed by atoms with Crippen LogP contribution in [-0.4, -0.2) is 18.6 Å². The molecule has 0 aromatic rings. The van der Waals surface area contributed by atoms with Crippen molar-refractivity contribution >= 4 is 5.97 Å². The molecule has 0 spiro atoms. The normalized spacial score (nSPS) is 46.3. The predicted molar refractivity (Wildman–Crippen MR) is 123 cm³/mol. The lowest BCUT2D eigenvalue weighted by atomic mass is 9.44. The summed E-state index contributed by atoms with van der Waals surface area (Å²) in [7, 11) is 0. The lowest BCUT2D eigenvalue weighted by Gasteiger charge is -2.61. The first-order chi connectivity index (χ1) is 14.3. The summed E-state index contributed by atoms with van der Waals surface area (Å²) in [4.78, 5) is 12.0. The molecule has 0 saturated heterocycles. The highest BCUT2D eigenvalue weighted by Crippen LogP contribution is 2.68. The molecule has 0 bridgehead atoms. The van der Waals surface area contributed by atoms with Crippen molar-refractivity contribution in [2.24, 2.45) is 52.1 Å². The fourth-order valence-corrected chi connectivity index (χ4v) is 9.04. The summed E-state index contributed by atoms with van der Waals surface area (Å²) in [5.41, 5.74) is 7.38. The molecule has 3 heteroatoms. The second kappa shape index (κ2) is 8.60. The summed E-state index contributed by atoms with van der Waals surface area (Å²) >= 11 is 0. The maximum Gasteiger partial charge on any atom is 0.306 e. The molecule has 0 radical (unpaired) electrons. The van der Waals surface area contributed by atoms with Gasteiger partial charge in [0.15, 0.2) is 0 Å². The molecule has 4 rings (SSSR count). The largest absolute Gasteiger partial charge is 0.461 e. The molecule has 170 valence electrons. The van der Waals surface area contributed by atoms with Crippen molar-refractivity contribution in [3.63, 3.8) is 0 Å². The third kappa shape index (κ3) is 3.78. The number of esters is 1.